The molecule has 0 spiro atoms. The van der Waals surface area contributed by atoms with E-state index in [1.54, 1.807) is 152 Å². The summed E-state index contributed by atoms with van der Waals surface area (Å²) in [6, 6.07) is 71.7. The predicted molar refractivity (Wildman–Crippen MR) is 557 cm³/mol. The van der Waals surface area contributed by atoms with E-state index in [1.807, 2.05) is 124 Å². The zero-order chi connectivity index (χ0) is 99.7. The minimum atomic E-state index is -3.90. The molecule has 7 aromatic heterocycles. The van der Waals surface area contributed by atoms with E-state index < -0.39 is 70.2 Å². The molecule has 0 atom stereocenters. The Hall–Kier alpha value is -14.0. The zero-order valence-electron chi connectivity index (χ0n) is 77.1. The molecule has 16 aromatic rings. The molecule has 0 radical (unpaired) electrons. The van der Waals surface area contributed by atoms with Gasteiger partial charge < -0.3 is 10.1 Å². The Morgan fingerprint density at radius 3 is 1.33 bits per heavy atom. The summed E-state index contributed by atoms with van der Waals surface area (Å²) in [5.74, 6) is 0.133. The van der Waals surface area contributed by atoms with Gasteiger partial charge in [0.1, 0.15) is 0 Å². The first kappa shape index (κ1) is 99.5. The van der Waals surface area contributed by atoms with Gasteiger partial charge in [0.05, 0.1) is 118 Å². The molecule has 0 unspecified atom stereocenters. The normalized spacial score (nSPS) is 15.8. The number of sulfonamides is 7. The minimum absolute atomic E-state index is 0.0440. The summed E-state index contributed by atoms with van der Waals surface area (Å²) in [6.07, 6.45) is 17.1. The largest absolute Gasteiger partial charge is 0.362 e. The van der Waals surface area contributed by atoms with E-state index in [4.69, 9.17) is 21.3 Å². The zero-order valence-corrected chi connectivity index (χ0v) is 83.5. The van der Waals surface area contributed by atoms with Crippen LogP contribution in [0.2, 0.25) is 5.02 Å². The molecule has 4 N–H and O–H groups in total. The van der Waals surface area contributed by atoms with Gasteiger partial charge in [-0.15, -0.1) is 0 Å². The van der Waals surface area contributed by atoms with E-state index in [-0.39, 0.29) is 50.3 Å². The van der Waals surface area contributed by atoms with Crippen molar-refractivity contribution in [3.05, 3.63) is 319 Å². The van der Waals surface area contributed by atoms with Crippen molar-refractivity contribution in [2.75, 3.05) is 92.7 Å². The fraction of sp³-hybridized carbons (Fsp3) is 0.206. The van der Waals surface area contributed by atoms with Crippen LogP contribution in [0.25, 0.3) is 88.9 Å². The average Bonchev–Trinajstić information content (AvgIpc) is 0.821. The van der Waals surface area contributed by atoms with E-state index in [9.17, 15) is 63.7 Å². The third-order valence-corrected chi connectivity index (χ3v) is 35.9. The van der Waals surface area contributed by atoms with Crippen LogP contribution in [0, 0.1) is 20.8 Å². The lowest BCUT2D eigenvalue weighted by molar-refractivity contribution is 0.102. The fourth-order valence-corrected chi connectivity index (χ4v) is 26.3. The first-order valence-corrected chi connectivity index (χ1v) is 56.7. The van der Waals surface area contributed by atoms with Gasteiger partial charge >= 0.3 is 0 Å². The van der Waals surface area contributed by atoms with Crippen molar-refractivity contribution >= 4 is 177 Å². The van der Waals surface area contributed by atoms with Gasteiger partial charge in [-0.3, -0.25) is 56.1 Å². The van der Waals surface area contributed by atoms with Crippen LogP contribution in [0.3, 0.4) is 0 Å². The molecule has 32 nitrogen and oxygen atoms in total. The van der Waals surface area contributed by atoms with Crippen LogP contribution in [0.1, 0.15) is 84.8 Å². The summed E-state index contributed by atoms with van der Waals surface area (Å²) in [7, 11) is -25.4. The number of anilines is 8. The summed E-state index contributed by atoms with van der Waals surface area (Å²) in [5, 5.41) is 6.06. The minimum Gasteiger partial charge on any atom is -0.362 e. The number of hydrogen-bond donors (Lipinski definition) is 4. The molecule has 0 saturated carbocycles. The van der Waals surface area contributed by atoms with Crippen LogP contribution in [-0.2, 0) is 74.9 Å². The van der Waals surface area contributed by atoms with Gasteiger partial charge in [0.25, 0.3) is 46.0 Å². The highest BCUT2D eigenvalue weighted by atomic mass is 35.5. The molecule has 11 heterocycles. The third kappa shape index (κ3) is 23.2. The molecule has 1 amide bonds. The first-order valence-electron chi connectivity index (χ1n) is 45.5. The Morgan fingerprint density at radius 2 is 0.796 bits per heavy atom. The summed E-state index contributed by atoms with van der Waals surface area (Å²) < 4.78 is 197. The number of ether oxygens (including phenoxy) is 1. The lowest BCUT2D eigenvalue weighted by Crippen LogP contribution is -2.41. The maximum absolute atomic E-state index is 13.1. The highest BCUT2D eigenvalue weighted by molar-refractivity contribution is 7.94. The SMILES string of the molecule is Cc1ccc(NS(=O)(=O)c2ccc(N3CCCCCS3(=O)=O)cc2)cc1-c1ccc2cnccc2n1.Cc1ccc(NS(=O)(=O)c2ccc(N3CCCCCS3(=O)=O)cc2)cc1-c1ccc2ncccc2n1.Cc1ccc(NS(=O)(=O)c2ccc(N3CCCCCS3(=O)=O)cc2)cc1-c1ncc2ccccc2n1.O=C(Nc1ccc(Cl)c(-c2nccc3ncccc23)c1)c1ccc(N2CCOCS2(=O)=O)cc1. The summed E-state index contributed by atoms with van der Waals surface area (Å²) in [5.41, 5.74) is 16.0. The number of aromatic nitrogens is 8. The van der Waals surface area contributed by atoms with Crippen LogP contribution in [0.4, 0.5) is 45.5 Å². The van der Waals surface area contributed by atoms with Crippen molar-refractivity contribution < 1.29 is 68.5 Å². The van der Waals surface area contributed by atoms with Crippen LogP contribution in [0.5, 0.6) is 0 Å². The van der Waals surface area contributed by atoms with Crippen LogP contribution >= 0.6 is 11.6 Å². The third-order valence-electron chi connectivity index (χ3n) is 24.2. The second kappa shape index (κ2) is 42.4. The summed E-state index contributed by atoms with van der Waals surface area (Å²) in [4.78, 5) is 48.7. The standard InChI is InChI=1S/3C26H26N4O4S2.C24H19ClN4O4S/c1-19-9-10-21(17-24(19)26-27-18-20-7-3-4-8-25(20)28-26)29-36(33,34)23-13-11-22(12-14-23)30-15-5-2-6-16-35(30,31)32;1-19-5-7-21(17-24(19)26-12-6-20-18-27-14-13-25(20)28-26)29-36(33,34)23-10-8-22(9-11-23)30-15-3-2-4-16-35(30,31)32;1-19-7-8-20(18-23(19)24-13-14-25-26(28-24)6-5-15-27-25)29-36(33,34)22-11-9-21(10-12-22)30-16-3-2-4-17-35(30,31)32;25-21-8-5-17(14-20(21)23-19-2-1-10-26-22(19)9-11-27-23)28-24(30)16-3-6-18(7-4-16)29-12-13-33-15-34(29,31)32/h3-4,7-14,17-18,29H,2,5-6,15-16H2,1H3;5-14,17-18,29H,2-4,15-16H2,1H3;5-15,18,29H,2-4,16-17H2,1H3;1-11,14H,12-13,15H2,(H,28,30). The number of nitrogens with one attached hydrogen (secondary N) is 4. The molecule has 40 heteroatoms. The molecule has 0 aliphatic carbocycles. The average molecular weight is 2060 g/mol. The fourth-order valence-electron chi connectivity index (χ4n) is 16.7. The molecule has 4 aliphatic heterocycles. The number of fused-ring (bicyclic) bond motifs is 4. The Balaban J connectivity index is 0.000000130. The molecule has 0 bridgehead atoms. The van der Waals surface area contributed by atoms with Gasteiger partial charge in [0.2, 0.25) is 30.1 Å². The maximum atomic E-state index is 13.1. The smallest absolute Gasteiger partial charge is 0.261 e. The monoisotopic (exact) mass is 2060 g/mol. The van der Waals surface area contributed by atoms with Gasteiger partial charge in [-0.05, 0) is 294 Å². The second-order valence-electron chi connectivity index (χ2n) is 34.1. The Kier molecular flexibility index (Phi) is 29.7. The quantitative estimate of drug-likeness (QED) is 0.0584. The first-order chi connectivity index (χ1) is 68.1. The van der Waals surface area contributed by atoms with E-state index in [0.29, 0.717) is 119 Å². The maximum Gasteiger partial charge on any atom is 0.261 e. The number of aryl methyl sites for hydroxylation is 3. The number of carbonyl (C=O) groups excluding carboxylic acids is 1. The van der Waals surface area contributed by atoms with E-state index in [2.05, 4.69) is 54.4 Å². The van der Waals surface area contributed by atoms with Crippen molar-refractivity contribution in [3.8, 4) is 45.2 Å². The Labute approximate surface area is 829 Å². The van der Waals surface area contributed by atoms with E-state index in [0.717, 1.165) is 127 Å². The Morgan fingerprint density at radius 1 is 0.359 bits per heavy atom. The molecule has 9 aromatic carbocycles. The van der Waals surface area contributed by atoms with Gasteiger partial charge in [-0.1, -0.05) is 67.3 Å². The number of rotatable bonds is 19. The van der Waals surface area contributed by atoms with Gasteiger partial charge in [0.15, 0.2) is 11.8 Å². The summed E-state index contributed by atoms with van der Waals surface area (Å²) in [6.45, 7) is 7.56. The molecular weight excluding hydrogens is 1970 g/mol. The topological polar surface area (TPSA) is 429 Å². The van der Waals surface area contributed by atoms with Crippen LogP contribution < -0.4 is 36.7 Å². The molecule has 4 aliphatic rings. The van der Waals surface area contributed by atoms with E-state index in [1.165, 1.54) is 53.6 Å². The molecule has 730 valence electrons. The lowest BCUT2D eigenvalue weighted by Gasteiger charge is -2.28. The Bertz CT molecular complexity index is 7750. The van der Waals surface area contributed by atoms with Crippen molar-refractivity contribution in [2.24, 2.45) is 0 Å². The molecule has 4 saturated heterocycles. The van der Waals surface area contributed by atoms with Crippen molar-refractivity contribution in [1.29, 1.82) is 0 Å². The number of halogens is 1. The van der Waals surface area contributed by atoms with Crippen LogP contribution in [0.15, 0.2) is 307 Å². The number of pyridine rings is 6. The number of benzene rings is 9. The van der Waals surface area contributed by atoms with Gasteiger partial charge in [-0.2, -0.15) is 0 Å². The number of hydrogen-bond acceptors (Lipinski definition) is 24. The van der Waals surface area contributed by atoms with Gasteiger partial charge in [-0.25, -0.2) is 78.9 Å². The molecule has 20 rings (SSSR count). The second-order valence-corrected chi connectivity index (χ2v) is 47.5. The molecule has 142 heavy (non-hydrogen) atoms. The van der Waals surface area contributed by atoms with Gasteiger partial charge in [0, 0.05) is 124 Å². The summed E-state index contributed by atoms with van der Waals surface area (Å²) >= 11 is 6.46. The van der Waals surface area contributed by atoms with E-state index >= 15 is 0 Å². The number of carbonyl (C=O) groups is 1. The number of nitrogens with zero attached hydrogens (tertiary/aromatic N) is 12. The number of para-hydroxylation sites is 1. The predicted octanol–water partition coefficient (Wildman–Crippen LogP) is 18.5. The van der Waals surface area contributed by atoms with Crippen LogP contribution in [-0.4, -0.2) is 161 Å². The highest BCUT2D eigenvalue weighted by Crippen LogP contribution is 2.38. The molecule has 4 fully saturated rings. The number of amides is 1. The lowest BCUT2D eigenvalue weighted by atomic mass is 10.0. The molecular formula is C102H97ClN16O16S7. The van der Waals surface area contributed by atoms with Crippen molar-refractivity contribution in [3.63, 3.8) is 0 Å². The highest BCUT2D eigenvalue weighted by Gasteiger charge is 2.32. The van der Waals surface area contributed by atoms with Crippen molar-refractivity contribution in [2.45, 2.75) is 93.2 Å². The van der Waals surface area contributed by atoms with Crippen molar-refractivity contribution in [1.82, 2.24) is 39.9 Å².